The third kappa shape index (κ3) is 4.09. The highest BCUT2D eigenvalue weighted by molar-refractivity contribution is 7.86. The fourth-order valence-corrected chi connectivity index (χ4v) is 4.26. The molecule has 0 aliphatic heterocycles. The van der Waals surface area contributed by atoms with Crippen LogP contribution < -0.4 is 0 Å². The molecule has 100 valence electrons. The molecular weight excluding hydrogens is 236 g/mol. The molecule has 0 radical (unpaired) electrons. The Morgan fingerprint density at radius 3 is 2.53 bits per heavy atom. The molecule has 0 bridgehead atoms. The Bertz CT molecular complexity index is 290. The van der Waals surface area contributed by atoms with E-state index in [0.717, 1.165) is 25.2 Å². The molecule has 0 spiro atoms. The Labute approximate surface area is 107 Å². The summed E-state index contributed by atoms with van der Waals surface area (Å²) in [6.45, 7) is 6.39. The summed E-state index contributed by atoms with van der Waals surface area (Å²) in [5, 5.41) is 0.175. The maximum absolute atomic E-state index is 12.3. The van der Waals surface area contributed by atoms with Gasteiger partial charge < -0.3 is 4.74 Å². The van der Waals surface area contributed by atoms with Crippen molar-refractivity contribution in [3.8, 4) is 0 Å². The third-order valence-corrected chi connectivity index (χ3v) is 6.00. The van der Waals surface area contributed by atoms with Crippen molar-refractivity contribution in [2.75, 3.05) is 7.11 Å². The van der Waals surface area contributed by atoms with Gasteiger partial charge in [0.05, 0.1) is 13.5 Å². The van der Waals surface area contributed by atoms with Gasteiger partial charge in [-0.05, 0) is 31.1 Å². The lowest BCUT2D eigenvalue weighted by molar-refractivity contribution is -0.140. The number of esters is 1. The minimum atomic E-state index is -0.910. The molecule has 0 aromatic heterocycles. The van der Waals surface area contributed by atoms with Crippen LogP contribution in [-0.4, -0.2) is 27.8 Å². The molecule has 1 rings (SSSR count). The predicted molar refractivity (Wildman–Crippen MR) is 70.2 cm³/mol. The second-order valence-electron chi connectivity index (χ2n) is 5.31. The Morgan fingerprint density at radius 2 is 2.00 bits per heavy atom. The number of carbonyl (C=O) groups excluding carboxylic acids is 1. The zero-order valence-electron chi connectivity index (χ0n) is 11.3. The molecule has 4 heteroatoms. The van der Waals surface area contributed by atoms with Crippen molar-refractivity contribution in [1.29, 1.82) is 0 Å². The van der Waals surface area contributed by atoms with Crippen molar-refractivity contribution in [2.45, 2.75) is 57.0 Å². The zero-order valence-corrected chi connectivity index (χ0v) is 12.1. The lowest BCUT2D eigenvalue weighted by atomic mass is 9.81. The molecule has 1 aliphatic rings. The van der Waals surface area contributed by atoms with Gasteiger partial charge in [0.25, 0.3) is 0 Å². The van der Waals surface area contributed by atoms with Gasteiger partial charge >= 0.3 is 5.97 Å². The molecule has 0 aromatic rings. The number of rotatable bonds is 4. The molecule has 0 heterocycles. The highest BCUT2D eigenvalue weighted by atomic mass is 32.2. The quantitative estimate of drug-likeness (QED) is 0.729. The number of ether oxygens (including phenoxy) is 1. The molecule has 0 aromatic carbocycles. The molecule has 17 heavy (non-hydrogen) atoms. The smallest absolute Gasteiger partial charge is 0.306 e. The summed E-state index contributed by atoms with van der Waals surface area (Å²) < 4.78 is 16.9. The second-order valence-corrected chi connectivity index (χ2v) is 7.44. The van der Waals surface area contributed by atoms with E-state index < -0.39 is 10.8 Å². The van der Waals surface area contributed by atoms with Crippen molar-refractivity contribution in [2.24, 2.45) is 11.8 Å². The van der Waals surface area contributed by atoms with E-state index in [-0.39, 0.29) is 22.9 Å². The molecular formula is C13H24O3S. The summed E-state index contributed by atoms with van der Waals surface area (Å²) in [5.41, 5.74) is 0. The van der Waals surface area contributed by atoms with Crippen LogP contribution >= 0.6 is 0 Å². The van der Waals surface area contributed by atoms with E-state index >= 15 is 0 Å². The fraction of sp³-hybridized carbons (Fsp3) is 0.923. The first-order valence-corrected chi connectivity index (χ1v) is 7.69. The highest BCUT2D eigenvalue weighted by Gasteiger charge is 2.31. The van der Waals surface area contributed by atoms with Crippen molar-refractivity contribution in [3.63, 3.8) is 0 Å². The van der Waals surface area contributed by atoms with E-state index in [1.807, 2.05) is 6.92 Å². The predicted octanol–water partition coefficient (Wildman–Crippen LogP) is 2.51. The van der Waals surface area contributed by atoms with E-state index in [1.165, 1.54) is 7.11 Å². The summed E-state index contributed by atoms with van der Waals surface area (Å²) in [5.74, 6) is 1.12. The minimum absolute atomic E-state index is 0.0898. The highest BCUT2D eigenvalue weighted by Crippen LogP contribution is 2.33. The third-order valence-electron chi connectivity index (χ3n) is 3.96. The van der Waals surface area contributed by atoms with Gasteiger partial charge in [-0.15, -0.1) is 0 Å². The van der Waals surface area contributed by atoms with E-state index in [0.29, 0.717) is 5.92 Å². The summed E-state index contributed by atoms with van der Waals surface area (Å²) in [6.07, 6.45) is 3.48. The molecule has 0 saturated heterocycles. The molecule has 1 aliphatic carbocycles. The number of methoxy groups -OCH3 is 1. The molecule has 1 saturated carbocycles. The van der Waals surface area contributed by atoms with E-state index in [1.54, 1.807) is 0 Å². The van der Waals surface area contributed by atoms with Crippen LogP contribution in [0.15, 0.2) is 0 Å². The molecule has 1 fully saturated rings. The molecule has 5 atom stereocenters. The lowest BCUT2D eigenvalue weighted by Gasteiger charge is -2.32. The summed E-state index contributed by atoms with van der Waals surface area (Å²) in [4.78, 5) is 11.2. The number of hydrogen-bond donors (Lipinski definition) is 0. The first-order valence-electron chi connectivity index (χ1n) is 6.41. The second kappa shape index (κ2) is 6.53. The van der Waals surface area contributed by atoms with Crippen molar-refractivity contribution in [3.05, 3.63) is 0 Å². The van der Waals surface area contributed by atoms with Crippen molar-refractivity contribution < 1.29 is 13.7 Å². The standard InChI is InChI=1S/C13H24O3S/c1-9-5-6-12(7-10(9)2)17(15)11(3)8-13(14)16-4/h9-12H,5-8H2,1-4H3. The van der Waals surface area contributed by atoms with E-state index in [9.17, 15) is 9.00 Å². The topological polar surface area (TPSA) is 43.4 Å². The Hall–Kier alpha value is -0.380. The van der Waals surface area contributed by atoms with Gasteiger partial charge in [0, 0.05) is 21.3 Å². The normalized spacial score (nSPS) is 32.8. The van der Waals surface area contributed by atoms with Crippen LogP contribution in [0.2, 0.25) is 0 Å². The molecule has 0 N–H and O–H groups in total. The van der Waals surface area contributed by atoms with Crippen LogP contribution in [0.25, 0.3) is 0 Å². The Kier molecular flexibility index (Phi) is 5.63. The number of carbonyl (C=O) groups is 1. The average Bonchev–Trinajstić information content (AvgIpc) is 2.31. The Balaban J connectivity index is 2.49. The van der Waals surface area contributed by atoms with Gasteiger partial charge in [-0.2, -0.15) is 0 Å². The van der Waals surface area contributed by atoms with Crippen LogP contribution in [0.5, 0.6) is 0 Å². The fourth-order valence-electron chi connectivity index (χ4n) is 2.44. The van der Waals surface area contributed by atoms with Crippen LogP contribution in [0.4, 0.5) is 0 Å². The monoisotopic (exact) mass is 260 g/mol. The van der Waals surface area contributed by atoms with Gasteiger partial charge in [0.1, 0.15) is 0 Å². The molecule has 5 unspecified atom stereocenters. The van der Waals surface area contributed by atoms with Crippen molar-refractivity contribution in [1.82, 2.24) is 0 Å². The van der Waals surface area contributed by atoms with Crippen LogP contribution in [0.3, 0.4) is 0 Å². The van der Waals surface area contributed by atoms with Crippen LogP contribution in [0.1, 0.15) is 46.5 Å². The Morgan fingerprint density at radius 1 is 1.35 bits per heavy atom. The largest absolute Gasteiger partial charge is 0.469 e. The summed E-state index contributed by atoms with van der Waals surface area (Å²) >= 11 is 0. The molecule has 3 nitrogen and oxygen atoms in total. The van der Waals surface area contributed by atoms with Gasteiger partial charge in [-0.1, -0.05) is 20.8 Å². The maximum atomic E-state index is 12.3. The van der Waals surface area contributed by atoms with Gasteiger partial charge in [0.2, 0.25) is 0 Å². The van der Waals surface area contributed by atoms with Crippen LogP contribution in [-0.2, 0) is 20.3 Å². The molecule has 0 amide bonds. The van der Waals surface area contributed by atoms with E-state index in [2.05, 4.69) is 18.6 Å². The SMILES string of the molecule is COC(=O)CC(C)S(=O)C1CCC(C)C(C)C1. The minimum Gasteiger partial charge on any atom is -0.469 e. The van der Waals surface area contributed by atoms with Crippen LogP contribution in [0, 0.1) is 11.8 Å². The maximum Gasteiger partial charge on any atom is 0.306 e. The zero-order chi connectivity index (χ0) is 13.0. The average molecular weight is 260 g/mol. The summed E-state index contributed by atoms with van der Waals surface area (Å²) in [6, 6.07) is 0. The van der Waals surface area contributed by atoms with Gasteiger partial charge in [0.15, 0.2) is 0 Å². The first-order chi connectivity index (χ1) is 7.95. The lowest BCUT2D eigenvalue weighted by Crippen LogP contribution is -2.32. The van der Waals surface area contributed by atoms with Crippen molar-refractivity contribution >= 4 is 16.8 Å². The van der Waals surface area contributed by atoms with Gasteiger partial charge in [-0.3, -0.25) is 9.00 Å². The van der Waals surface area contributed by atoms with E-state index in [4.69, 9.17) is 0 Å². The van der Waals surface area contributed by atoms with Gasteiger partial charge in [-0.25, -0.2) is 0 Å². The summed E-state index contributed by atoms with van der Waals surface area (Å²) in [7, 11) is 0.467. The first kappa shape index (κ1) is 14.7. The number of hydrogen-bond acceptors (Lipinski definition) is 3.